The van der Waals surface area contributed by atoms with Crippen LogP contribution in [0.15, 0.2) is 4.99 Å². The summed E-state index contributed by atoms with van der Waals surface area (Å²) in [5.74, 6) is 0.932. The molecular formula is C13H28N4. The van der Waals surface area contributed by atoms with Gasteiger partial charge in [0.2, 0.25) is 0 Å². The lowest BCUT2D eigenvalue weighted by atomic mass is 10.2. The third-order valence-corrected chi connectivity index (χ3v) is 3.19. The SMILES string of the molecule is CCCNC(=NC)NCCN1CCCCCC1. The van der Waals surface area contributed by atoms with E-state index in [2.05, 4.69) is 27.4 Å². The van der Waals surface area contributed by atoms with Crippen molar-refractivity contribution in [1.82, 2.24) is 15.5 Å². The van der Waals surface area contributed by atoms with E-state index in [1.54, 1.807) is 0 Å². The fourth-order valence-corrected chi connectivity index (χ4v) is 2.16. The zero-order chi connectivity index (χ0) is 12.3. The molecule has 0 radical (unpaired) electrons. The Bertz CT molecular complexity index is 207. The molecule has 100 valence electrons. The molecule has 0 aromatic heterocycles. The van der Waals surface area contributed by atoms with Crippen LogP contribution in [0.4, 0.5) is 0 Å². The zero-order valence-electron chi connectivity index (χ0n) is 11.5. The summed E-state index contributed by atoms with van der Waals surface area (Å²) in [6, 6.07) is 0. The van der Waals surface area contributed by atoms with Gasteiger partial charge in [-0.15, -0.1) is 0 Å². The average Bonchev–Trinajstić information content (AvgIpc) is 2.62. The first kappa shape index (κ1) is 14.3. The van der Waals surface area contributed by atoms with Crippen LogP contribution in [0.2, 0.25) is 0 Å². The Kier molecular flexibility index (Phi) is 7.80. The number of nitrogens with one attached hydrogen (secondary N) is 2. The van der Waals surface area contributed by atoms with Gasteiger partial charge in [0, 0.05) is 26.7 Å². The van der Waals surface area contributed by atoms with Crippen molar-refractivity contribution in [3.8, 4) is 0 Å². The van der Waals surface area contributed by atoms with Gasteiger partial charge in [-0.3, -0.25) is 4.99 Å². The van der Waals surface area contributed by atoms with E-state index in [-0.39, 0.29) is 0 Å². The monoisotopic (exact) mass is 240 g/mol. The summed E-state index contributed by atoms with van der Waals surface area (Å²) >= 11 is 0. The van der Waals surface area contributed by atoms with Crippen molar-refractivity contribution >= 4 is 5.96 Å². The highest BCUT2D eigenvalue weighted by atomic mass is 15.2. The van der Waals surface area contributed by atoms with E-state index >= 15 is 0 Å². The molecule has 0 unspecified atom stereocenters. The number of rotatable bonds is 5. The maximum absolute atomic E-state index is 4.20. The highest BCUT2D eigenvalue weighted by Crippen LogP contribution is 2.08. The quantitative estimate of drug-likeness (QED) is 0.564. The number of guanidine groups is 1. The predicted molar refractivity (Wildman–Crippen MR) is 74.6 cm³/mol. The van der Waals surface area contributed by atoms with Crippen molar-refractivity contribution in [3.05, 3.63) is 0 Å². The molecule has 1 aliphatic heterocycles. The molecule has 0 atom stereocenters. The maximum atomic E-state index is 4.20. The van der Waals surface area contributed by atoms with Gasteiger partial charge >= 0.3 is 0 Å². The summed E-state index contributed by atoms with van der Waals surface area (Å²) in [6.07, 6.45) is 6.67. The van der Waals surface area contributed by atoms with Crippen LogP contribution in [0.25, 0.3) is 0 Å². The molecule has 0 aromatic rings. The van der Waals surface area contributed by atoms with Crippen molar-refractivity contribution in [2.24, 2.45) is 4.99 Å². The van der Waals surface area contributed by atoms with Gasteiger partial charge in [-0.25, -0.2) is 0 Å². The van der Waals surface area contributed by atoms with Gasteiger partial charge in [0.1, 0.15) is 0 Å². The van der Waals surface area contributed by atoms with Crippen LogP contribution in [0.5, 0.6) is 0 Å². The molecule has 4 nitrogen and oxygen atoms in total. The summed E-state index contributed by atoms with van der Waals surface area (Å²) < 4.78 is 0. The van der Waals surface area contributed by atoms with Gasteiger partial charge in [-0.2, -0.15) is 0 Å². The third-order valence-electron chi connectivity index (χ3n) is 3.19. The lowest BCUT2D eigenvalue weighted by Crippen LogP contribution is -2.42. The second-order valence-corrected chi connectivity index (χ2v) is 4.68. The molecule has 0 saturated carbocycles. The van der Waals surface area contributed by atoms with Gasteiger partial charge in [0.15, 0.2) is 5.96 Å². The first-order chi connectivity index (χ1) is 8.36. The molecule has 0 amide bonds. The van der Waals surface area contributed by atoms with E-state index in [1.165, 1.54) is 38.8 Å². The first-order valence-electron chi connectivity index (χ1n) is 7.03. The standard InChI is InChI=1S/C13H28N4/c1-3-8-15-13(14-2)16-9-12-17-10-6-4-5-7-11-17/h3-12H2,1-2H3,(H2,14,15,16). The van der Waals surface area contributed by atoms with Crippen molar-refractivity contribution < 1.29 is 0 Å². The minimum Gasteiger partial charge on any atom is -0.356 e. The molecule has 0 aromatic carbocycles. The van der Waals surface area contributed by atoms with E-state index in [0.29, 0.717) is 0 Å². The van der Waals surface area contributed by atoms with E-state index in [9.17, 15) is 0 Å². The molecule has 0 spiro atoms. The molecule has 17 heavy (non-hydrogen) atoms. The Morgan fingerprint density at radius 1 is 1.06 bits per heavy atom. The lowest BCUT2D eigenvalue weighted by Gasteiger charge is -2.20. The van der Waals surface area contributed by atoms with Crippen LogP contribution < -0.4 is 10.6 Å². The van der Waals surface area contributed by atoms with E-state index < -0.39 is 0 Å². The molecule has 4 heteroatoms. The molecule has 2 N–H and O–H groups in total. The Hall–Kier alpha value is -0.770. The normalized spacial score (nSPS) is 18.8. The summed E-state index contributed by atoms with van der Waals surface area (Å²) in [5, 5.41) is 6.66. The Labute approximate surface area is 106 Å². The number of hydrogen-bond acceptors (Lipinski definition) is 2. The second-order valence-electron chi connectivity index (χ2n) is 4.68. The van der Waals surface area contributed by atoms with Crippen molar-refractivity contribution in [3.63, 3.8) is 0 Å². The van der Waals surface area contributed by atoms with Crippen LogP contribution in [-0.4, -0.2) is 50.6 Å². The third kappa shape index (κ3) is 6.51. The van der Waals surface area contributed by atoms with Crippen LogP contribution in [0.3, 0.4) is 0 Å². The Morgan fingerprint density at radius 3 is 2.29 bits per heavy atom. The Morgan fingerprint density at radius 2 is 1.71 bits per heavy atom. The molecule has 1 saturated heterocycles. The van der Waals surface area contributed by atoms with Crippen LogP contribution in [-0.2, 0) is 0 Å². The highest BCUT2D eigenvalue weighted by Gasteiger charge is 2.08. The largest absolute Gasteiger partial charge is 0.356 e. The number of nitrogens with zero attached hydrogens (tertiary/aromatic N) is 2. The van der Waals surface area contributed by atoms with Crippen molar-refractivity contribution in [2.45, 2.75) is 39.0 Å². The minimum atomic E-state index is 0.932. The van der Waals surface area contributed by atoms with Gasteiger partial charge in [-0.1, -0.05) is 19.8 Å². The zero-order valence-corrected chi connectivity index (χ0v) is 11.5. The summed E-state index contributed by atoms with van der Waals surface area (Å²) in [4.78, 5) is 6.77. The number of likely N-dealkylation sites (tertiary alicyclic amines) is 1. The fraction of sp³-hybridized carbons (Fsp3) is 0.923. The molecular weight excluding hydrogens is 212 g/mol. The predicted octanol–water partition coefficient (Wildman–Crippen LogP) is 1.44. The topological polar surface area (TPSA) is 39.7 Å². The molecule has 0 aliphatic carbocycles. The smallest absolute Gasteiger partial charge is 0.191 e. The van der Waals surface area contributed by atoms with Crippen molar-refractivity contribution in [2.75, 3.05) is 39.8 Å². The lowest BCUT2D eigenvalue weighted by molar-refractivity contribution is 0.289. The highest BCUT2D eigenvalue weighted by molar-refractivity contribution is 5.79. The van der Waals surface area contributed by atoms with E-state index in [0.717, 1.165) is 32.0 Å². The molecule has 1 heterocycles. The number of hydrogen-bond donors (Lipinski definition) is 2. The minimum absolute atomic E-state index is 0.932. The van der Waals surface area contributed by atoms with Crippen molar-refractivity contribution in [1.29, 1.82) is 0 Å². The van der Waals surface area contributed by atoms with Gasteiger partial charge < -0.3 is 15.5 Å². The van der Waals surface area contributed by atoms with Gasteiger partial charge in [0.25, 0.3) is 0 Å². The van der Waals surface area contributed by atoms with Crippen LogP contribution >= 0.6 is 0 Å². The maximum Gasteiger partial charge on any atom is 0.191 e. The van der Waals surface area contributed by atoms with Gasteiger partial charge in [0.05, 0.1) is 0 Å². The summed E-state index contributed by atoms with van der Waals surface area (Å²) in [6.45, 7) is 7.81. The van der Waals surface area contributed by atoms with Gasteiger partial charge in [-0.05, 0) is 32.4 Å². The average molecular weight is 240 g/mol. The molecule has 1 aliphatic rings. The first-order valence-corrected chi connectivity index (χ1v) is 7.03. The summed E-state index contributed by atoms with van der Waals surface area (Å²) in [5.41, 5.74) is 0. The van der Waals surface area contributed by atoms with Crippen LogP contribution in [0, 0.1) is 0 Å². The summed E-state index contributed by atoms with van der Waals surface area (Å²) in [7, 11) is 1.83. The fourth-order valence-electron chi connectivity index (χ4n) is 2.16. The number of aliphatic imine (C=N–C) groups is 1. The van der Waals surface area contributed by atoms with Crippen LogP contribution in [0.1, 0.15) is 39.0 Å². The van der Waals surface area contributed by atoms with E-state index in [4.69, 9.17) is 0 Å². The molecule has 0 bridgehead atoms. The molecule has 1 rings (SSSR count). The molecule has 1 fully saturated rings. The Balaban J connectivity index is 2.12. The second kappa shape index (κ2) is 9.28. The van der Waals surface area contributed by atoms with E-state index in [1.807, 2.05) is 7.05 Å².